The maximum atomic E-state index is 4.44. The standard InChI is InChI=1S/C17H14N2/c1-13-7-9-15(10-8-13)17-16(11-18-12-19-17)14-5-3-2-4-6-14/h2-12H,1H3. The molecule has 0 amide bonds. The van der Waals surface area contributed by atoms with Crippen molar-refractivity contribution in [2.75, 3.05) is 0 Å². The highest BCUT2D eigenvalue weighted by Crippen LogP contribution is 2.29. The summed E-state index contributed by atoms with van der Waals surface area (Å²) in [6.45, 7) is 2.09. The molecule has 0 aliphatic heterocycles. The van der Waals surface area contributed by atoms with Crippen LogP contribution in [0.1, 0.15) is 5.56 Å². The zero-order valence-electron chi connectivity index (χ0n) is 10.7. The molecule has 0 aliphatic rings. The van der Waals surface area contributed by atoms with Crippen LogP contribution < -0.4 is 0 Å². The van der Waals surface area contributed by atoms with Gasteiger partial charge in [-0.3, -0.25) is 0 Å². The summed E-state index contributed by atoms with van der Waals surface area (Å²) < 4.78 is 0. The maximum Gasteiger partial charge on any atom is 0.116 e. The Morgan fingerprint density at radius 1 is 0.789 bits per heavy atom. The monoisotopic (exact) mass is 246 g/mol. The van der Waals surface area contributed by atoms with Crippen LogP contribution >= 0.6 is 0 Å². The Balaban J connectivity index is 2.15. The van der Waals surface area contributed by atoms with Crippen molar-refractivity contribution >= 4 is 0 Å². The second-order valence-electron chi connectivity index (χ2n) is 4.52. The average molecular weight is 246 g/mol. The van der Waals surface area contributed by atoms with Crippen molar-refractivity contribution < 1.29 is 0 Å². The van der Waals surface area contributed by atoms with E-state index in [2.05, 4.69) is 53.3 Å². The Kier molecular flexibility index (Phi) is 3.07. The highest BCUT2D eigenvalue weighted by Gasteiger charge is 2.08. The van der Waals surface area contributed by atoms with Gasteiger partial charge < -0.3 is 0 Å². The van der Waals surface area contributed by atoms with Crippen LogP contribution in [0.2, 0.25) is 0 Å². The maximum absolute atomic E-state index is 4.44. The van der Waals surface area contributed by atoms with Crippen molar-refractivity contribution in [3.63, 3.8) is 0 Å². The lowest BCUT2D eigenvalue weighted by molar-refractivity contribution is 1.17. The van der Waals surface area contributed by atoms with E-state index in [4.69, 9.17) is 0 Å². The number of aryl methyl sites for hydroxylation is 1. The van der Waals surface area contributed by atoms with Crippen LogP contribution in [-0.2, 0) is 0 Å². The van der Waals surface area contributed by atoms with Crippen molar-refractivity contribution in [1.82, 2.24) is 9.97 Å². The highest BCUT2D eigenvalue weighted by molar-refractivity contribution is 5.79. The summed E-state index contributed by atoms with van der Waals surface area (Å²) >= 11 is 0. The lowest BCUT2D eigenvalue weighted by atomic mass is 10.0. The Morgan fingerprint density at radius 2 is 1.53 bits per heavy atom. The summed E-state index contributed by atoms with van der Waals surface area (Å²) in [6.07, 6.45) is 3.47. The smallest absolute Gasteiger partial charge is 0.116 e. The fourth-order valence-electron chi connectivity index (χ4n) is 2.10. The largest absolute Gasteiger partial charge is 0.244 e. The van der Waals surface area contributed by atoms with Crippen molar-refractivity contribution in [2.24, 2.45) is 0 Å². The molecule has 0 unspecified atom stereocenters. The minimum Gasteiger partial charge on any atom is -0.244 e. The Labute approximate surface area is 112 Å². The SMILES string of the molecule is Cc1ccc(-c2ncncc2-c2ccccc2)cc1. The zero-order chi connectivity index (χ0) is 13.1. The van der Waals surface area contributed by atoms with E-state index in [0.717, 1.165) is 22.4 Å². The van der Waals surface area contributed by atoms with Crippen molar-refractivity contribution in [3.8, 4) is 22.4 Å². The number of nitrogens with zero attached hydrogens (tertiary/aromatic N) is 2. The molecule has 0 spiro atoms. The van der Waals surface area contributed by atoms with Crippen molar-refractivity contribution in [2.45, 2.75) is 6.92 Å². The van der Waals surface area contributed by atoms with E-state index in [1.54, 1.807) is 6.33 Å². The molecule has 92 valence electrons. The van der Waals surface area contributed by atoms with Crippen LogP contribution in [0.5, 0.6) is 0 Å². The minimum atomic E-state index is 0.973. The van der Waals surface area contributed by atoms with E-state index in [1.165, 1.54) is 5.56 Å². The molecule has 19 heavy (non-hydrogen) atoms. The number of aromatic nitrogens is 2. The molecule has 3 aromatic rings. The molecular weight excluding hydrogens is 232 g/mol. The topological polar surface area (TPSA) is 25.8 Å². The first-order chi connectivity index (χ1) is 9.34. The molecule has 2 aromatic carbocycles. The first kappa shape index (κ1) is 11.6. The van der Waals surface area contributed by atoms with Crippen LogP contribution in [0.4, 0.5) is 0 Å². The van der Waals surface area contributed by atoms with Crippen molar-refractivity contribution in [3.05, 3.63) is 72.7 Å². The molecule has 2 nitrogen and oxygen atoms in total. The normalized spacial score (nSPS) is 10.4. The van der Waals surface area contributed by atoms with Gasteiger partial charge in [-0.05, 0) is 12.5 Å². The second-order valence-corrected chi connectivity index (χ2v) is 4.52. The Bertz CT molecular complexity index is 673. The summed E-state index contributed by atoms with van der Waals surface area (Å²) in [5.74, 6) is 0. The third-order valence-corrected chi connectivity index (χ3v) is 3.12. The van der Waals surface area contributed by atoms with Gasteiger partial charge >= 0.3 is 0 Å². The summed E-state index contributed by atoms with van der Waals surface area (Å²) in [5.41, 5.74) is 5.54. The molecule has 0 fully saturated rings. The Morgan fingerprint density at radius 3 is 2.26 bits per heavy atom. The van der Waals surface area contributed by atoms with Gasteiger partial charge in [-0.2, -0.15) is 0 Å². The average Bonchev–Trinajstić information content (AvgIpc) is 2.49. The fourth-order valence-corrected chi connectivity index (χ4v) is 2.10. The number of rotatable bonds is 2. The van der Waals surface area contributed by atoms with Gasteiger partial charge in [0.15, 0.2) is 0 Å². The van der Waals surface area contributed by atoms with Crippen LogP contribution in [0, 0.1) is 6.92 Å². The van der Waals surface area contributed by atoms with E-state index in [9.17, 15) is 0 Å². The number of hydrogen-bond donors (Lipinski definition) is 0. The molecule has 0 N–H and O–H groups in total. The summed E-state index contributed by atoms with van der Waals surface area (Å²) in [7, 11) is 0. The van der Waals surface area contributed by atoms with Gasteiger partial charge in [-0.25, -0.2) is 9.97 Å². The van der Waals surface area contributed by atoms with Crippen molar-refractivity contribution in [1.29, 1.82) is 0 Å². The summed E-state index contributed by atoms with van der Waals surface area (Å²) in [6, 6.07) is 18.6. The van der Waals surface area contributed by atoms with Crippen LogP contribution in [0.3, 0.4) is 0 Å². The zero-order valence-corrected chi connectivity index (χ0v) is 10.7. The molecule has 1 aromatic heterocycles. The highest BCUT2D eigenvalue weighted by atomic mass is 14.8. The predicted octanol–water partition coefficient (Wildman–Crippen LogP) is 4.12. The molecule has 0 bridgehead atoms. The molecule has 2 heteroatoms. The van der Waals surface area contributed by atoms with Gasteiger partial charge in [0.2, 0.25) is 0 Å². The van der Waals surface area contributed by atoms with Gasteiger partial charge in [0.25, 0.3) is 0 Å². The van der Waals surface area contributed by atoms with Gasteiger partial charge in [0.1, 0.15) is 6.33 Å². The van der Waals surface area contributed by atoms with E-state index >= 15 is 0 Å². The lowest BCUT2D eigenvalue weighted by Crippen LogP contribution is -1.90. The van der Waals surface area contributed by atoms with E-state index < -0.39 is 0 Å². The summed E-state index contributed by atoms with van der Waals surface area (Å²) in [4.78, 5) is 8.60. The Hall–Kier alpha value is -2.48. The van der Waals surface area contributed by atoms with Crippen LogP contribution in [0.25, 0.3) is 22.4 Å². The molecule has 0 saturated carbocycles. The first-order valence-electron chi connectivity index (χ1n) is 6.27. The molecule has 1 heterocycles. The molecule has 0 saturated heterocycles. The molecule has 0 radical (unpaired) electrons. The van der Waals surface area contributed by atoms with Gasteiger partial charge in [0, 0.05) is 17.3 Å². The first-order valence-corrected chi connectivity index (χ1v) is 6.27. The van der Waals surface area contributed by atoms with E-state index in [0.29, 0.717) is 0 Å². The number of hydrogen-bond acceptors (Lipinski definition) is 2. The quantitative estimate of drug-likeness (QED) is 0.679. The molecule has 0 aliphatic carbocycles. The van der Waals surface area contributed by atoms with Gasteiger partial charge in [-0.15, -0.1) is 0 Å². The second kappa shape index (κ2) is 5.02. The fraction of sp³-hybridized carbons (Fsp3) is 0.0588. The number of benzene rings is 2. The lowest BCUT2D eigenvalue weighted by Gasteiger charge is -2.08. The van der Waals surface area contributed by atoms with E-state index in [1.807, 2.05) is 24.4 Å². The van der Waals surface area contributed by atoms with Gasteiger partial charge in [-0.1, -0.05) is 60.2 Å². The van der Waals surface area contributed by atoms with Gasteiger partial charge in [0.05, 0.1) is 5.69 Å². The van der Waals surface area contributed by atoms with E-state index in [-0.39, 0.29) is 0 Å². The van der Waals surface area contributed by atoms with Crippen LogP contribution in [-0.4, -0.2) is 9.97 Å². The third kappa shape index (κ3) is 2.38. The third-order valence-electron chi connectivity index (χ3n) is 3.12. The predicted molar refractivity (Wildman–Crippen MR) is 77.6 cm³/mol. The van der Waals surface area contributed by atoms with Crippen LogP contribution in [0.15, 0.2) is 67.1 Å². The molecule has 3 rings (SSSR count). The molecular formula is C17H14N2. The minimum absolute atomic E-state index is 0.973. The molecule has 0 atom stereocenters. The summed E-state index contributed by atoms with van der Waals surface area (Å²) in [5, 5.41) is 0.